The van der Waals surface area contributed by atoms with Crippen molar-refractivity contribution in [1.29, 1.82) is 0 Å². The van der Waals surface area contributed by atoms with E-state index in [1.165, 1.54) is 5.56 Å². The maximum absolute atomic E-state index is 13.0. The zero-order chi connectivity index (χ0) is 23.6. The van der Waals surface area contributed by atoms with Crippen molar-refractivity contribution < 1.29 is 19.4 Å². The van der Waals surface area contributed by atoms with Crippen molar-refractivity contribution in [2.45, 2.75) is 66.0 Å². The van der Waals surface area contributed by atoms with Gasteiger partial charge in [-0.2, -0.15) is 0 Å². The van der Waals surface area contributed by atoms with Crippen molar-refractivity contribution in [1.82, 2.24) is 4.90 Å². The van der Waals surface area contributed by atoms with Gasteiger partial charge < -0.3 is 14.7 Å². The highest BCUT2D eigenvalue weighted by Gasteiger charge is 2.45. The molecule has 0 radical (unpaired) electrons. The third kappa shape index (κ3) is 4.57. The number of rotatable bonds is 7. The molecule has 0 spiro atoms. The van der Waals surface area contributed by atoms with Gasteiger partial charge in [-0.05, 0) is 68.0 Å². The molecule has 0 saturated carbocycles. The van der Waals surface area contributed by atoms with E-state index < -0.39 is 17.7 Å². The number of carbonyl (C=O) groups excluding carboxylic acids is 2. The Morgan fingerprint density at radius 2 is 1.72 bits per heavy atom. The average molecular weight is 436 g/mol. The van der Waals surface area contributed by atoms with Crippen LogP contribution in [0.5, 0.6) is 5.75 Å². The molecule has 5 heteroatoms. The summed E-state index contributed by atoms with van der Waals surface area (Å²) in [5.41, 5.74) is 3.48. The van der Waals surface area contributed by atoms with Crippen molar-refractivity contribution in [2.24, 2.45) is 0 Å². The van der Waals surface area contributed by atoms with E-state index in [1.54, 1.807) is 23.1 Å². The van der Waals surface area contributed by atoms with Crippen LogP contribution in [0.1, 0.15) is 75.3 Å². The first-order valence-electron chi connectivity index (χ1n) is 11.3. The summed E-state index contributed by atoms with van der Waals surface area (Å²) in [6.45, 7) is 12.4. The lowest BCUT2D eigenvalue weighted by atomic mass is 9.93. The highest BCUT2D eigenvalue weighted by atomic mass is 16.5. The van der Waals surface area contributed by atoms with Gasteiger partial charge in [-0.15, -0.1) is 0 Å². The topological polar surface area (TPSA) is 66.8 Å². The summed E-state index contributed by atoms with van der Waals surface area (Å²) in [5, 5.41) is 11.2. The summed E-state index contributed by atoms with van der Waals surface area (Å²) in [4.78, 5) is 27.5. The molecule has 3 rings (SSSR count). The fourth-order valence-corrected chi connectivity index (χ4v) is 4.10. The lowest BCUT2D eigenvalue weighted by molar-refractivity contribution is -0.139. The first-order chi connectivity index (χ1) is 15.1. The number of carbonyl (C=O) groups is 2. The molecule has 1 amide bonds. The molecule has 1 fully saturated rings. The highest BCUT2D eigenvalue weighted by Crippen LogP contribution is 2.40. The zero-order valence-corrected chi connectivity index (χ0v) is 19.8. The van der Waals surface area contributed by atoms with Crippen molar-refractivity contribution in [3.05, 3.63) is 70.3 Å². The SMILES string of the molecule is CCCN1C(=O)C(=O)/C(=C(\O)c2ccc(OC(C)C)c(C)c2)C1c1ccc(C(C)C)cc1. The Kier molecular flexibility index (Phi) is 7.07. The van der Waals surface area contributed by atoms with E-state index in [4.69, 9.17) is 4.74 Å². The third-order valence-electron chi connectivity index (χ3n) is 5.73. The van der Waals surface area contributed by atoms with Crippen LogP contribution in [0.15, 0.2) is 48.0 Å². The molecule has 1 N–H and O–H groups in total. The zero-order valence-electron chi connectivity index (χ0n) is 19.8. The minimum absolute atomic E-state index is 0.0290. The van der Waals surface area contributed by atoms with E-state index in [-0.39, 0.29) is 17.4 Å². The van der Waals surface area contributed by atoms with Gasteiger partial charge in [-0.25, -0.2) is 0 Å². The Labute approximate surface area is 190 Å². The number of benzene rings is 2. The molecule has 170 valence electrons. The summed E-state index contributed by atoms with van der Waals surface area (Å²) < 4.78 is 5.79. The number of aryl methyl sites for hydroxylation is 1. The van der Waals surface area contributed by atoms with Crippen LogP contribution in [0.2, 0.25) is 0 Å². The van der Waals surface area contributed by atoms with E-state index >= 15 is 0 Å². The van der Waals surface area contributed by atoms with Crippen LogP contribution >= 0.6 is 0 Å². The Hall–Kier alpha value is -3.08. The highest BCUT2D eigenvalue weighted by molar-refractivity contribution is 6.46. The van der Waals surface area contributed by atoms with Crippen LogP contribution in [-0.4, -0.2) is 34.3 Å². The second-order valence-electron chi connectivity index (χ2n) is 8.96. The number of ether oxygens (including phenoxy) is 1. The quantitative estimate of drug-likeness (QED) is 0.342. The number of nitrogens with zero attached hydrogens (tertiary/aromatic N) is 1. The van der Waals surface area contributed by atoms with Gasteiger partial charge in [0.05, 0.1) is 17.7 Å². The summed E-state index contributed by atoms with van der Waals surface area (Å²) >= 11 is 0. The summed E-state index contributed by atoms with van der Waals surface area (Å²) in [6, 6.07) is 12.6. The van der Waals surface area contributed by atoms with Crippen LogP contribution in [0.25, 0.3) is 5.76 Å². The van der Waals surface area contributed by atoms with Gasteiger partial charge in [0.1, 0.15) is 11.5 Å². The van der Waals surface area contributed by atoms with Gasteiger partial charge in [-0.3, -0.25) is 9.59 Å². The van der Waals surface area contributed by atoms with E-state index in [0.29, 0.717) is 24.4 Å². The molecule has 5 nitrogen and oxygen atoms in total. The number of aliphatic hydroxyl groups excluding tert-OH is 1. The molecule has 0 aromatic heterocycles. The predicted octanol–water partition coefficient (Wildman–Crippen LogP) is 5.74. The van der Waals surface area contributed by atoms with E-state index in [1.807, 2.05) is 52.0 Å². The summed E-state index contributed by atoms with van der Waals surface area (Å²) in [5.74, 6) is -0.264. The monoisotopic (exact) mass is 435 g/mol. The lowest BCUT2D eigenvalue weighted by Gasteiger charge is -2.25. The second kappa shape index (κ2) is 9.60. The van der Waals surface area contributed by atoms with Crippen LogP contribution in [0, 0.1) is 6.92 Å². The first kappa shape index (κ1) is 23.6. The molecular formula is C27H33NO4. The molecule has 1 heterocycles. The smallest absolute Gasteiger partial charge is 0.295 e. The fraction of sp³-hybridized carbons (Fsp3) is 0.407. The van der Waals surface area contributed by atoms with Crippen LogP contribution in [-0.2, 0) is 9.59 Å². The van der Waals surface area contributed by atoms with Crippen molar-refractivity contribution >= 4 is 17.4 Å². The van der Waals surface area contributed by atoms with Gasteiger partial charge in [0.15, 0.2) is 0 Å². The minimum Gasteiger partial charge on any atom is -0.507 e. The van der Waals surface area contributed by atoms with E-state index in [2.05, 4.69) is 13.8 Å². The molecule has 1 atom stereocenters. The molecule has 1 aliphatic rings. The van der Waals surface area contributed by atoms with E-state index in [9.17, 15) is 14.7 Å². The molecule has 1 unspecified atom stereocenters. The average Bonchev–Trinajstić information content (AvgIpc) is 2.99. The molecule has 1 saturated heterocycles. The number of likely N-dealkylation sites (tertiary alicyclic amines) is 1. The molecule has 2 aromatic rings. The first-order valence-corrected chi connectivity index (χ1v) is 11.3. The normalized spacial score (nSPS) is 18.1. The fourth-order valence-electron chi connectivity index (χ4n) is 4.10. The molecule has 1 aliphatic heterocycles. The summed E-state index contributed by atoms with van der Waals surface area (Å²) in [7, 11) is 0. The molecule has 0 aliphatic carbocycles. The number of ketones is 1. The third-order valence-corrected chi connectivity index (χ3v) is 5.73. The number of hydrogen-bond donors (Lipinski definition) is 1. The van der Waals surface area contributed by atoms with E-state index in [0.717, 1.165) is 16.9 Å². The van der Waals surface area contributed by atoms with Crippen molar-refractivity contribution in [3.8, 4) is 5.75 Å². The standard InChI is InChI=1S/C27H33NO4/c1-7-14-28-24(20-10-8-19(9-11-20)16(2)3)23(26(30)27(28)31)25(29)21-12-13-22(18(6)15-21)32-17(4)5/h8-13,15-17,24,29H,7,14H2,1-6H3/b25-23-. The number of hydrogen-bond acceptors (Lipinski definition) is 4. The van der Waals surface area contributed by atoms with Gasteiger partial charge >= 0.3 is 0 Å². The Morgan fingerprint density at radius 1 is 1.06 bits per heavy atom. The maximum atomic E-state index is 13.0. The summed E-state index contributed by atoms with van der Waals surface area (Å²) in [6.07, 6.45) is 0.745. The maximum Gasteiger partial charge on any atom is 0.295 e. The number of amides is 1. The van der Waals surface area contributed by atoms with Gasteiger partial charge in [0.2, 0.25) is 0 Å². The van der Waals surface area contributed by atoms with Crippen molar-refractivity contribution in [3.63, 3.8) is 0 Å². The van der Waals surface area contributed by atoms with Gasteiger partial charge in [-0.1, -0.05) is 45.0 Å². The van der Waals surface area contributed by atoms with Crippen LogP contribution in [0.3, 0.4) is 0 Å². The van der Waals surface area contributed by atoms with Gasteiger partial charge in [0.25, 0.3) is 11.7 Å². The van der Waals surface area contributed by atoms with Crippen LogP contribution < -0.4 is 4.74 Å². The minimum atomic E-state index is -0.644. The van der Waals surface area contributed by atoms with Crippen LogP contribution in [0.4, 0.5) is 0 Å². The number of Topliss-reactive ketones (excluding diaryl/α,β-unsaturated/α-hetero) is 1. The largest absolute Gasteiger partial charge is 0.507 e. The number of aliphatic hydroxyl groups is 1. The van der Waals surface area contributed by atoms with Crippen molar-refractivity contribution in [2.75, 3.05) is 6.54 Å². The van der Waals surface area contributed by atoms with Gasteiger partial charge in [0, 0.05) is 12.1 Å². The predicted molar refractivity (Wildman–Crippen MR) is 127 cm³/mol. The second-order valence-corrected chi connectivity index (χ2v) is 8.96. The molecule has 32 heavy (non-hydrogen) atoms. The Morgan fingerprint density at radius 3 is 2.25 bits per heavy atom. The Bertz CT molecular complexity index is 1030. The lowest BCUT2D eigenvalue weighted by Crippen LogP contribution is -2.30. The Balaban J connectivity index is 2.11. The molecule has 2 aromatic carbocycles. The molecular weight excluding hydrogens is 402 g/mol. The molecule has 0 bridgehead atoms.